The standard InChI is InChI=1S/C12H15NO2/c1-3-14-13-9(2)12-8-10-6-4-5-7-11(10)15-12/h4-9,13H,3H2,1-2H3. The van der Waals surface area contributed by atoms with Crippen molar-refractivity contribution in [2.24, 2.45) is 0 Å². The van der Waals surface area contributed by atoms with Gasteiger partial charge in [-0.25, -0.2) is 0 Å². The lowest BCUT2D eigenvalue weighted by Crippen LogP contribution is -2.18. The summed E-state index contributed by atoms with van der Waals surface area (Å²) in [6.45, 7) is 4.59. The lowest BCUT2D eigenvalue weighted by Gasteiger charge is -2.09. The first-order valence-electron chi connectivity index (χ1n) is 5.17. The average molecular weight is 205 g/mol. The Morgan fingerprint density at radius 3 is 2.93 bits per heavy atom. The first-order valence-corrected chi connectivity index (χ1v) is 5.17. The third-order valence-corrected chi connectivity index (χ3v) is 2.28. The summed E-state index contributed by atoms with van der Waals surface area (Å²) in [6, 6.07) is 10.1. The van der Waals surface area contributed by atoms with E-state index in [1.807, 2.05) is 44.2 Å². The molecule has 80 valence electrons. The molecule has 0 fully saturated rings. The molecule has 2 rings (SSSR count). The Morgan fingerprint density at radius 2 is 2.20 bits per heavy atom. The lowest BCUT2D eigenvalue weighted by molar-refractivity contribution is 0.0239. The van der Waals surface area contributed by atoms with Crippen LogP contribution in [-0.4, -0.2) is 6.61 Å². The molecule has 0 radical (unpaired) electrons. The summed E-state index contributed by atoms with van der Waals surface area (Å²) in [7, 11) is 0. The predicted molar refractivity (Wildman–Crippen MR) is 59.4 cm³/mol. The zero-order valence-corrected chi connectivity index (χ0v) is 8.99. The van der Waals surface area contributed by atoms with Crippen LogP contribution in [0.25, 0.3) is 11.0 Å². The first kappa shape index (κ1) is 10.2. The van der Waals surface area contributed by atoms with Crippen LogP contribution in [0.1, 0.15) is 25.6 Å². The Bertz CT molecular complexity index is 403. The Kier molecular flexibility index (Phi) is 3.04. The van der Waals surface area contributed by atoms with E-state index in [0.717, 1.165) is 16.7 Å². The first-order chi connectivity index (χ1) is 7.31. The quantitative estimate of drug-likeness (QED) is 0.779. The van der Waals surface area contributed by atoms with Crippen molar-refractivity contribution in [3.8, 4) is 0 Å². The molecule has 3 nitrogen and oxygen atoms in total. The van der Waals surface area contributed by atoms with Crippen LogP contribution < -0.4 is 5.48 Å². The van der Waals surface area contributed by atoms with E-state index < -0.39 is 0 Å². The number of benzene rings is 1. The molecule has 0 aliphatic rings. The molecule has 0 aliphatic heterocycles. The van der Waals surface area contributed by atoms with E-state index in [4.69, 9.17) is 9.25 Å². The summed E-state index contributed by atoms with van der Waals surface area (Å²) in [6.07, 6.45) is 0. The van der Waals surface area contributed by atoms with Crippen molar-refractivity contribution < 1.29 is 9.25 Å². The molecule has 0 saturated heterocycles. The summed E-state index contributed by atoms with van der Waals surface area (Å²) in [5.74, 6) is 0.893. The maximum absolute atomic E-state index is 5.68. The molecule has 0 saturated carbocycles. The van der Waals surface area contributed by atoms with E-state index in [1.54, 1.807) is 0 Å². The minimum Gasteiger partial charge on any atom is -0.459 e. The van der Waals surface area contributed by atoms with Gasteiger partial charge in [0, 0.05) is 5.39 Å². The molecule has 0 spiro atoms. The molecule has 1 aromatic carbocycles. The van der Waals surface area contributed by atoms with Gasteiger partial charge in [-0.2, -0.15) is 5.48 Å². The third-order valence-electron chi connectivity index (χ3n) is 2.28. The Morgan fingerprint density at radius 1 is 1.40 bits per heavy atom. The van der Waals surface area contributed by atoms with Gasteiger partial charge < -0.3 is 9.25 Å². The highest BCUT2D eigenvalue weighted by atomic mass is 16.6. The van der Waals surface area contributed by atoms with Gasteiger partial charge in [-0.3, -0.25) is 0 Å². The van der Waals surface area contributed by atoms with E-state index in [1.165, 1.54) is 0 Å². The van der Waals surface area contributed by atoms with Crippen molar-refractivity contribution >= 4 is 11.0 Å². The number of nitrogens with one attached hydrogen (secondary N) is 1. The molecule has 1 aromatic heterocycles. The molecular formula is C12H15NO2. The SMILES string of the molecule is CCONC(C)c1cc2ccccc2o1. The van der Waals surface area contributed by atoms with Crippen molar-refractivity contribution in [2.75, 3.05) is 6.61 Å². The van der Waals surface area contributed by atoms with E-state index >= 15 is 0 Å². The van der Waals surface area contributed by atoms with Crippen LogP contribution >= 0.6 is 0 Å². The fourth-order valence-electron chi connectivity index (χ4n) is 1.48. The minimum atomic E-state index is 0.0670. The van der Waals surface area contributed by atoms with Gasteiger partial charge in [-0.1, -0.05) is 18.2 Å². The van der Waals surface area contributed by atoms with Gasteiger partial charge in [0.25, 0.3) is 0 Å². The fourth-order valence-corrected chi connectivity index (χ4v) is 1.48. The zero-order valence-electron chi connectivity index (χ0n) is 8.99. The molecule has 1 unspecified atom stereocenters. The molecular weight excluding hydrogens is 190 g/mol. The van der Waals surface area contributed by atoms with Gasteiger partial charge in [-0.05, 0) is 26.0 Å². The maximum Gasteiger partial charge on any atom is 0.134 e. The highest BCUT2D eigenvalue weighted by Crippen LogP contribution is 2.23. The lowest BCUT2D eigenvalue weighted by atomic mass is 10.2. The number of hydrogen-bond acceptors (Lipinski definition) is 3. The van der Waals surface area contributed by atoms with Crippen LogP contribution in [-0.2, 0) is 4.84 Å². The molecule has 2 aromatic rings. The average Bonchev–Trinajstić information content (AvgIpc) is 2.69. The summed E-state index contributed by atoms with van der Waals surface area (Å²) in [4.78, 5) is 5.14. The van der Waals surface area contributed by atoms with E-state index in [0.29, 0.717) is 6.61 Å². The molecule has 0 amide bonds. The molecule has 15 heavy (non-hydrogen) atoms. The van der Waals surface area contributed by atoms with Crippen molar-refractivity contribution in [3.05, 3.63) is 36.1 Å². The molecule has 0 bridgehead atoms. The topological polar surface area (TPSA) is 34.4 Å². The summed E-state index contributed by atoms with van der Waals surface area (Å²) < 4.78 is 5.68. The number of furan rings is 1. The predicted octanol–water partition coefficient (Wildman–Crippen LogP) is 3.03. The second-order valence-electron chi connectivity index (χ2n) is 3.46. The normalized spacial score (nSPS) is 13.2. The number of para-hydroxylation sites is 1. The van der Waals surface area contributed by atoms with Crippen molar-refractivity contribution in [1.29, 1.82) is 0 Å². The Hall–Kier alpha value is -1.32. The fraction of sp³-hybridized carbons (Fsp3) is 0.333. The zero-order chi connectivity index (χ0) is 10.7. The van der Waals surface area contributed by atoms with Crippen molar-refractivity contribution in [2.45, 2.75) is 19.9 Å². The Balaban J connectivity index is 2.20. The van der Waals surface area contributed by atoms with Crippen molar-refractivity contribution in [1.82, 2.24) is 5.48 Å². The smallest absolute Gasteiger partial charge is 0.134 e. The largest absolute Gasteiger partial charge is 0.459 e. The second-order valence-corrected chi connectivity index (χ2v) is 3.46. The van der Waals surface area contributed by atoms with E-state index in [2.05, 4.69) is 5.48 Å². The minimum absolute atomic E-state index is 0.0670. The number of hydroxylamine groups is 1. The highest BCUT2D eigenvalue weighted by Gasteiger charge is 2.10. The van der Waals surface area contributed by atoms with Gasteiger partial charge in [-0.15, -0.1) is 0 Å². The van der Waals surface area contributed by atoms with Gasteiger partial charge in [0.1, 0.15) is 11.3 Å². The number of fused-ring (bicyclic) bond motifs is 1. The molecule has 1 N–H and O–H groups in total. The monoisotopic (exact) mass is 205 g/mol. The Labute approximate surface area is 89.0 Å². The number of rotatable bonds is 4. The molecule has 1 heterocycles. The van der Waals surface area contributed by atoms with Gasteiger partial charge in [0.15, 0.2) is 0 Å². The van der Waals surface area contributed by atoms with Crippen LogP contribution in [0.4, 0.5) is 0 Å². The highest BCUT2D eigenvalue weighted by molar-refractivity contribution is 5.77. The van der Waals surface area contributed by atoms with E-state index in [9.17, 15) is 0 Å². The number of hydrogen-bond donors (Lipinski definition) is 1. The van der Waals surface area contributed by atoms with Crippen LogP contribution in [0.15, 0.2) is 34.7 Å². The van der Waals surface area contributed by atoms with Gasteiger partial charge in [0.2, 0.25) is 0 Å². The summed E-state index contributed by atoms with van der Waals surface area (Å²) in [5.41, 5.74) is 3.83. The van der Waals surface area contributed by atoms with Crippen LogP contribution in [0.2, 0.25) is 0 Å². The van der Waals surface area contributed by atoms with Gasteiger partial charge in [0.05, 0.1) is 12.6 Å². The second kappa shape index (κ2) is 4.47. The summed E-state index contributed by atoms with van der Waals surface area (Å²) in [5, 5.41) is 1.12. The van der Waals surface area contributed by atoms with Crippen LogP contribution in [0.5, 0.6) is 0 Å². The maximum atomic E-state index is 5.68. The van der Waals surface area contributed by atoms with E-state index in [-0.39, 0.29) is 6.04 Å². The third kappa shape index (κ3) is 2.19. The van der Waals surface area contributed by atoms with Crippen molar-refractivity contribution in [3.63, 3.8) is 0 Å². The molecule has 1 atom stereocenters. The van der Waals surface area contributed by atoms with Gasteiger partial charge >= 0.3 is 0 Å². The molecule has 3 heteroatoms. The van der Waals surface area contributed by atoms with Crippen LogP contribution in [0.3, 0.4) is 0 Å². The van der Waals surface area contributed by atoms with Crippen LogP contribution in [0, 0.1) is 0 Å². The summed E-state index contributed by atoms with van der Waals surface area (Å²) >= 11 is 0. The molecule has 0 aliphatic carbocycles.